The summed E-state index contributed by atoms with van der Waals surface area (Å²) in [5.74, 6) is -1.13. The zero-order valence-electron chi connectivity index (χ0n) is 12.3. The Labute approximate surface area is 128 Å². The summed E-state index contributed by atoms with van der Waals surface area (Å²) in [4.78, 5) is 11.2. The first-order valence-electron chi connectivity index (χ1n) is 6.84. The van der Waals surface area contributed by atoms with Gasteiger partial charge in [0.25, 0.3) is 0 Å². The van der Waals surface area contributed by atoms with Crippen molar-refractivity contribution in [3.8, 4) is 11.1 Å². The van der Waals surface area contributed by atoms with Crippen LogP contribution in [-0.2, 0) is 22.7 Å². The number of carbonyl (C=O) groups is 1. The molecule has 0 unspecified atom stereocenters. The molecule has 3 nitrogen and oxygen atoms in total. The number of aliphatic hydroxyl groups excluding tert-OH is 1. The van der Waals surface area contributed by atoms with Crippen molar-refractivity contribution in [2.24, 2.45) is 0 Å². The van der Waals surface area contributed by atoms with E-state index in [4.69, 9.17) is 4.74 Å². The molecule has 2 aromatic rings. The van der Waals surface area contributed by atoms with E-state index in [9.17, 15) is 14.3 Å². The highest BCUT2D eigenvalue weighted by Crippen LogP contribution is 2.28. The number of aliphatic hydroxyl groups is 1. The Bertz CT molecular complexity index is 690. The Morgan fingerprint density at radius 2 is 1.95 bits per heavy atom. The lowest BCUT2D eigenvalue weighted by Crippen LogP contribution is -2.06. The fraction of sp³-hybridized carbons (Fsp3) is 0.167. The molecule has 4 heteroatoms. The minimum atomic E-state index is -0.635. The van der Waals surface area contributed by atoms with E-state index < -0.39 is 11.8 Å². The van der Waals surface area contributed by atoms with Crippen LogP contribution in [0, 0.1) is 12.7 Å². The van der Waals surface area contributed by atoms with E-state index in [2.05, 4.69) is 6.58 Å². The van der Waals surface area contributed by atoms with E-state index in [-0.39, 0.29) is 18.8 Å². The number of benzene rings is 2. The minimum absolute atomic E-state index is 0.177. The first-order chi connectivity index (χ1) is 10.6. The lowest BCUT2D eigenvalue weighted by Gasteiger charge is -2.13. The Balaban J connectivity index is 2.42. The van der Waals surface area contributed by atoms with Gasteiger partial charge in [-0.05, 0) is 18.1 Å². The molecule has 2 aromatic carbocycles. The summed E-state index contributed by atoms with van der Waals surface area (Å²) in [5.41, 5.74) is 2.78. The predicted molar refractivity (Wildman–Crippen MR) is 82.5 cm³/mol. The van der Waals surface area contributed by atoms with Gasteiger partial charge in [-0.15, -0.1) is 0 Å². The number of hydrogen-bond acceptors (Lipinski definition) is 3. The molecule has 2 rings (SSSR count). The quantitative estimate of drug-likeness (QED) is 0.679. The number of esters is 1. The maximum absolute atomic E-state index is 14.7. The van der Waals surface area contributed by atoms with E-state index in [0.29, 0.717) is 11.1 Å². The molecule has 0 aliphatic rings. The monoisotopic (exact) mass is 300 g/mol. The van der Waals surface area contributed by atoms with E-state index >= 15 is 0 Å². The molecule has 0 saturated heterocycles. The van der Waals surface area contributed by atoms with Gasteiger partial charge in [0.1, 0.15) is 12.4 Å². The molecular formula is C18H17FO3. The van der Waals surface area contributed by atoms with Gasteiger partial charge in [-0.3, -0.25) is 0 Å². The molecule has 0 amide bonds. The normalized spacial score (nSPS) is 10.3. The van der Waals surface area contributed by atoms with Crippen molar-refractivity contribution in [1.82, 2.24) is 0 Å². The molecule has 1 N–H and O–H groups in total. The summed E-state index contributed by atoms with van der Waals surface area (Å²) in [6.45, 7) is 4.68. The van der Waals surface area contributed by atoms with E-state index in [1.807, 2.05) is 31.2 Å². The van der Waals surface area contributed by atoms with Crippen LogP contribution in [0.1, 0.15) is 16.7 Å². The van der Waals surface area contributed by atoms with Crippen molar-refractivity contribution >= 4 is 5.97 Å². The minimum Gasteiger partial charge on any atom is -0.458 e. The molecule has 0 spiro atoms. The molecule has 0 radical (unpaired) electrons. The van der Waals surface area contributed by atoms with Gasteiger partial charge in [0.2, 0.25) is 0 Å². The average molecular weight is 300 g/mol. The highest BCUT2D eigenvalue weighted by Gasteiger charge is 2.15. The van der Waals surface area contributed by atoms with Crippen LogP contribution in [0.3, 0.4) is 0 Å². The molecule has 114 valence electrons. The van der Waals surface area contributed by atoms with Crippen molar-refractivity contribution in [2.75, 3.05) is 0 Å². The molecule has 0 fully saturated rings. The van der Waals surface area contributed by atoms with Crippen molar-refractivity contribution in [3.63, 3.8) is 0 Å². The lowest BCUT2D eigenvalue weighted by atomic mass is 9.98. The molecule has 0 atom stereocenters. The number of aryl methyl sites for hydroxylation is 1. The predicted octanol–water partition coefficient (Wildman–Crippen LogP) is 3.52. The number of ether oxygens (including phenoxy) is 1. The lowest BCUT2D eigenvalue weighted by molar-refractivity contribution is -0.139. The number of rotatable bonds is 5. The van der Waals surface area contributed by atoms with E-state index in [0.717, 1.165) is 17.2 Å². The molecule has 0 saturated carbocycles. The van der Waals surface area contributed by atoms with Gasteiger partial charge in [-0.1, -0.05) is 48.5 Å². The van der Waals surface area contributed by atoms with Crippen LogP contribution >= 0.6 is 0 Å². The van der Waals surface area contributed by atoms with Gasteiger partial charge in [-0.2, -0.15) is 0 Å². The third-order valence-corrected chi connectivity index (χ3v) is 3.40. The van der Waals surface area contributed by atoms with Crippen LogP contribution in [0.25, 0.3) is 11.1 Å². The second-order valence-electron chi connectivity index (χ2n) is 4.90. The summed E-state index contributed by atoms with van der Waals surface area (Å²) < 4.78 is 19.6. The smallest absolute Gasteiger partial charge is 0.330 e. The third kappa shape index (κ3) is 3.40. The molecule has 0 aliphatic carbocycles. The van der Waals surface area contributed by atoms with Gasteiger partial charge in [0.15, 0.2) is 0 Å². The zero-order chi connectivity index (χ0) is 16.1. The fourth-order valence-electron chi connectivity index (χ4n) is 2.12. The molecule has 0 aliphatic heterocycles. The Kier molecular flexibility index (Phi) is 5.07. The van der Waals surface area contributed by atoms with Gasteiger partial charge < -0.3 is 9.84 Å². The average Bonchev–Trinajstić information content (AvgIpc) is 2.54. The third-order valence-electron chi connectivity index (χ3n) is 3.40. The Morgan fingerprint density at radius 3 is 2.55 bits per heavy atom. The van der Waals surface area contributed by atoms with Crippen LogP contribution in [0.15, 0.2) is 49.1 Å². The van der Waals surface area contributed by atoms with Gasteiger partial charge in [0.05, 0.1) is 6.61 Å². The molecule has 0 bridgehead atoms. The van der Waals surface area contributed by atoms with E-state index in [1.165, 1.54) is 0 Å². The molecular weight excluding hydrogens is 283 g/mol. The summed E-state index contributed by atoms with van der Waals surface area (Å²) in [7, 11) is 0. The topological polar surface area (TPSA) is 46.5 Å². The molecule has 0 aromatic heterocycles. The van der Waals surface area contributed by atoms with Gasteiger partial charge in [-0.25, -0.2) is 9.18 Å². The molecule has 22 heavy (non-hydrogen) atoms. The standard InChI is InChI=1S/C18H17FO3/c1-3-17(21)22-11-16-14(10-20)8-9-15(18(16)19)13-6-4-12(2)5-7-13/h3-9,20H,1,10-11H2,2H3. The summed E-state index contributed by atoms with van der Waals surface area (Å²) in [6, 6.07) is 10.7. The summed E-state index contributed by atoms with van der Waals surface area (Å²) >= 11 is 0. The van der Waals surface area contributed by atoms with Crippen molar-refractivity contribution < 1.29 is 19.0 Å². The van der Waals surface area contributed by atoms with Crippen LogP contribution in [0.2, 0.25) is 0 Å². The number of carbonyl (C=O) groups excluding carboxylic acids is 1. The van der Waals surface area contributed by atoms with Crippen molar-refractivity contribution in [2.45, 2.75) is 20.1 Å². The van der Waals surface area contributed by atoms with Crippen molar-refractivity contribution in [1.29, 1.82) is 0 Å². The second-order valence-corrected chi connectivity index (χ2v) is 4.90. The van der Waals surface area contributed by atoms with Crippen molar-refractivity contribution in [3.05, 3.63) is 71.6 Å². The van der Waals surface area contributed by atoms with E-state index in [1.54, 1.807) is 12.1 Å². The van der Waals surface area contributed by atoms with Crippen LogP contribution < -0.4 is 0 Å². The van der Waals surface area contributed by atoms with Crippen LogP contribution in [0.5, 0.6) is 0 Å². The fourth-order valence-corrected chi connectivity index (χ4v) is 2.12. The first kappa shape index (κ1) is 15.9. The molecule has 0 heterocycles. The SMILES string of the molecule is C=CC(=O)OCc1c(CO)ccc(-c2ccc(C)cc2)c1F. The Morgan fingerprint density at radius 1 is 1.27 bits per heavy atom. The largest absolute Gasteiger partial charge is 0.458 e. The van der Waals surface area contributed by atoms with Crippen LogP contribution in [0.4, 0.5) is 4.39 Å². The highest BCUT2D eigenvalue weighted by molar-refractivity contribution is 5.81. The first-order valence-corrected chi connectivity index (χ1v) is 6.84. The Hall–Kier alpha value is -2.46. The summed E-state index contributed by atoms with van der Waals surface area (Å²) in [6.07, 6.45) is 1.01. The second kappa shape index (κ2) is 7.00. The zero-order valence-corrected chi connectivity index (χ0v) is 12.3. The van der Waals surface area contributed by atoms with Gasteiger partial charge in [0, 0.05) is 17.2 Å². The highest BCUT2D eigenvalue weighted by atomic mass is 19.1. The summed E-state index contributed by atoms with van der Waals surface area (Å²) in [5, 5.41) is 9.34. The van der Waals surface area contributed by atoms with Gasteiger partial charge >= 0.3 is 5.97 Å². The number of hydrogen-bond donors (Lipinski definition) is 1. The maximum atomic E-state index is 14.7. The van der Waals surface area contributed by atoms with Crippen LogP contribution in [-0.4, -0.2) is 11.1 Å². The number of halogens is 1. The maximum Gasteiger partial charge on any atom is 0.330 e.